The Bertz CT molecular complexity index is 586. The van der Waals surface area contributed by atoms with Gasteiger partial charge < -0.3 is 9.05 Å². The van der Waals surface area contributed by atoms with Gasteiger partial charge in [0.25, 0.3) is 0 Å². The second-order valence-corrected chi connectivity index (χ2v) is 5.59. The fourth-order valence-electron chi connectivity index (χ4n) is 2.88. The highest BCUT2D eigenvalue weighted by molar-refractivity contribution is 5.07. The van der Waals surface area contributed by atoms with Crippen LogP contribution in [-0.2, 0) is 18.5 Å². The van der Waals surface area contributed by atoms with Gasteiger partial charge in [0, 0.05) is 13.3 Å². The average molecular weight is 291 g/mol. The van der Waals surface area contributed by atoms with Gasteiger partial charge in [-0.2, -0.15) is 9.97 Å². The molecule has 3 rings (SSSR count). The first kappa shape index (κ1) is 14.2. The van der Waals surface area contributed by atoms with Crippen LogP contribution in [0.15, 0.2) is 9.05 Å². The Kier molecular flexibility index (Phi) is 4.01. The Labute approximate surface area is 123 Å². The van der Waals surface area contributed by atoms with Gasteiger partial charge in [-0.3, -0.25) is 5.32 Å². The summed E-state index contributed by atoms with van der Waals surface area (Å²) in [6.45, 7) is 4.35. The summed E-state index contributed by atoms with van der Waals surface area (Å²) in [4.78, 5) is 8.77. The molecule has 1 aliphatic rings. The van der Waals surface area contributed by atoms with Crippen molar-refractivity contribution in [1.82, 2.24) is 25.6 Å². The van der Waals surface area contributed by atoms with Crippen molar-refractivity contribution >= 4 is 0 Å². The van der Waals surface area contributed by atoms with Crippen LogP contribution in [0.1, 0.15) is 62.5 Å². The number of aryl methyl sites for hydroxylation is 2. The summed E-state index contributed by atoms with van der Waals surface area (Å²) in [5, 5.41) is 11.6. The molecule has 114 valence electrons. The molecule has 0 amide bonds. The molecule has 1 N–H and O–H groups in total. The molecule has 0 spiro atoms. The zero-order valence-electron chi connectivity index (χ0n) is 12.6. The van der Waals surface area contributed by atoms with Crippen molar-refractivity contribution < 1.29 is 9.05 Å². The molecule has 7 nitrogen and oxygen atoms in total. The zero-order chi connectivity index (χ0) is 14.7. The summed E-state index contributed by atoms with van der Waals surface area (Å²) >= 11 is 0. The van der Waals surface area contributed by atoms with Gasteiger partial charge in [0.1, 0.15) is 0 Å². The van der Waals surface area contributed by atoms with Crippen molar-refractivity contribution in [1.29, 1.82) is 0 Å². The second-order valence-electron chi connectivity index (χ2n) is 5.59. The molecule has 0 aliphatic heterocycles. The zero-order valence-corrected chi connectivity index (χ0v) is 12.6. The Morgan fingerprint density at radius 1 is 1.10 bits per heavy atom. The number of hydrogen-bond acceptors (Lipinski definition) is 7. The summed E-state index contributed by atoms with van der Waals surface area (Å²) in [7, 11) is 0. The van der Waals surface area contributed by atoms with Gasteiger partial charge in [-0.05, 0) is 12.8 Å². The molecule has 2 aromatic rings. The number of nitrogens with zero attached hydrogens (tertiary/aromatic N) is 4. The monoisotopic (exact) mass is 291 g/mol. The van der Waals surface area contributed by atoms with Crippen LogP contribution in [0.25, 0.3) is 0 Å². The second kappa shape index (κ2) is 5.93. The van der Waals surface area contributed by atoms with E-state index in [1.54, 1.807) is 0 Å². The van der Waals surface area contributed by atoms with Gasteiger partial charge >= 0.3 is 0 Å². The molecule has 0 unspecified atom stereocenters. The van der Waals surface area contributed by atoms with Crippen LogP contribution >= 0.6 is 0 Å². The van der Waals surface area contributed by atoms with E-state index in [1.165, 1.54) is 6.42 Å². The lowest BCUT2D eigenvalue weighted by Gasteiger charge is -2.35. The molecular formula is C14H21N5O2. The van der Waals surface area contributed by atoms with Gasteiger partial charge in [-0.25, -0.2) is 0 Å². The molecule has 2 heterocycles. The van der Waals surface area contributed by atoms with Crippen molar-refractivity contribution in [3.8, 4) is 0 Å². The van der Waals surface area contributed by atoms with E-state index < -0.39 is 0 Å². The third kappa shape index (κ3) is 2.97. The first-order valence-corrected chi connectivity index (χ1v) is 7.59. The summed E-state index contributed by atoms with van der Waals surface area (Å²) in [5.41, 5.74) is -0.239. The first-order valence-electron chi connectivity index (χ1n) is 7.59. The number of aromatic nitrogens is 4. The number of hydrogen-bond donors (Lipinski definition) is 1. The summed E-state index contributed by atoms with van der Waals surface area (Å²) < 4.78 is 10.4. The molecule has 0 radical (unpaired) electrons. The van der Waals surface area contributed by atoms with Crippen LogP contribution in [0.2, 0.25) is 0 Å². The van der Waals surface area contributed by atoms with Crippen molar-refractivity contribution in [2.75, 3.05) is 0 Å². The minimum Gasteiger partial charge on any atom is -0.340 e. The highest BCUT2D eigenvalue weighted by Gasteiger charge is 2.38. The maximum Gasteiger partial charge on any atom is 0.240 e. The van der Waals surface area contributed by atoms with Crippen LogP contribution < -0.4 is 5.32 Å². The van der Waals surface area contributed by atoms with E-state index in [0.717, 1.165) is 43.8 Å². The van der Waals surface area contributed by atoms with E-state index in [1.807, 2.05) is 13.8 Å². The molecule has 0 aromatic carbocycles. The van der Waals surface area contributed by atoms with Gasteiger partial charge in [0.05, 0.1) is 12.1 Å². The van der Waals surface area contributed by atoms with E-state index in [4.69, 9.17) is 9.05 Å². The standard InChI is InChI=1S/C14H21N5O2/c1-3-11-17-12(21-18-11)9-15-14(7-5-4-6-8-14)13-16-10(2)20-19-13/h15H,3-9H2,1-2H3. The normalized spacial score (nSPS) is 18.0. The fraction of sp³-hybridized carbons (Fsp3) is 0.714. The summed E-state index contributed by atoms with van der Waals surface area (Å²) in [6.07, 6.45) is 6.34. The molecule has 21 heavy (non-hydrogen) atoms. The lowest BCUT2D eigenvalue weighted by atomic mass is 9.81. The SMILES string of the molecule is CCc1noc(CNC2(c3noc(C)n3)CCCCC2)n1. The lowest BCUT2D eigenvalue weighted by molar-refractivity contribution is 0.201. The predicted molar refractivity (Wildman–Crippen MR) is 74.3 cm³/mol. The maximum atomic E-state index is 5.24. The van der Waals surface area contributed by atoms with Crippen LogP contribution in [0.4, 0.5) is 0 Å². The first-order chi connectivity index (χ1) is 10.2. The highest BCUT2D eigenvalue weighted by Crippen LogP contribution is 2.35. The summed E-state index contributed by atoms with van der Waals surface area (Å²) in [6, 6.07) is 0. The van der Waals surface area contributed by atoms with Crippen molar-refractivity contribution in [2.45, 2.75) is 64.5 Å². The fourth-order valence-corrected chi connectivity index (χ4v) is 2.88. The Morgan fingerprint density at radius 2 is 1.90 bits per heavy atom. The lowest BCUT2D eigenvalue weighted by Crippen LogP contribution is -2.44. The molecule has 1 fully saturated rings. The average Bonchev–Trinajstić information content (AvgIpc) is 3.15. The van der Waals surface area contributed by atoms with Crippen molar-refractivity contribution in [2.24, 2.45) is 0 Å². The van der Waals surface area contributed by atoms with Gasteiger partial charge in [0.2, 0.25) is 11.8 Å². The summed E-state index contributed by atoms with van der Waals surface area (Å²) in [5.74, 6) is 2.69. The van der Waals surface area contributed by atoms with E-state index >= 15 is 0 Å². The van der Waals surface area contributed by atoms with Crippen LogP contribution in [0, 0.1) is 6.92 Å². The third-order valence-electron chi connectivity index (χ3n) is 4.07. The van der Waals surface area contributed by atoms with Crippen LogP contribution in [-0.4, -0.2) is 20.3 Å². The van der Waals surface area contributed by atoms with E-state index in [2.05, 4.69) is 25.6 Å². The molecular weight excluding hydrogens is 270 g/mol. The van der Waals surface area contributed by atoms with E-state index in [0.29, 0.717) is 18.3 Å². The Hall–Kier alpha value is -1.76. The van der Waals surface area contributed by atoms with Crippen LogP contribution in [0.3, 0.4) is 0 Å². The molecule has 7 heteroatoms. The molecule has 1 aliphatic carbocycles. The quantitative estimate of drug-likeness (QED) is 0.903. The Morgan fingerprint density at radius 3 is 2.52 bits per heavy atom. The Balaban J connectivity index is 1.76. The van der Waals surface area contributed by atoms with E-state index in [9.17, 15) is 0 Å². The maximum absolute atomic E-state index is 5.24. The number of nitrogens with one attached hydrogen (secondary N) is 1. The van der Waals surface area contributed by atoms with E-state index in [-0.39, 0.29) is 5.54 Å². The molecule has 0 atom stereocenters. The smallest absolute Gasteiger partial charge is 0.240 e. The molecule has 0 bridgehead atoms. The molecule has 0 saturated heterocycles. The number of rotatable bonds is 5. The topological polar surface area (TPSA) is 89.9 Å². The largest absolute Gasteiger partial charge is 0.340 e. The minimum atomic E-state index is -0.239. The minimum absolute atomic E-state index is 0.239. The predicted octanol–water partition coefficient (Wildman–Crippen LogP) is 2.27. The third-order valence-corrected chi connectivity index (χ3v) is 4.07. The van der Waals surface area contributed by atoms with Gasteiger partial charge in [0.15, 0.2) is 11.6 Å². The van der Waals surface area contributed by atoms with Gasteiger partial charge in [-0.15, -0.1) is 0 Å². The van der Waals surface area contributed by atoms with Crippen LogP contribution in [0.5, 0.6) is 0 Å². The van der Waals surface area contributed by atoms with Crippen molar-refractivity contribution in [3.05, 3.63) is 23.4 Å². The van der Waals surface area contributed by atoms with Crippen molar-refractivity contribution in [3.63, 3.8) is 0 Å². The highest BCUT2D eigenvalue weighted by atomic mass is 16.5. The molecule has 1 saturated carbocycles. The van der Waals surface area contributed by atoms with Gasteiger partial charge in [-0.1, -0.05) is 36.5 Å². The molecule has 2 aromatic heterocycles.